The van der Waals surface area contributed by atoms with E-state index in [1.54, 1.807) is 0 Å². The maximum Gasteiger partial charge on any atom is 0.0719 e. The molecule has 0 heterocycles. The predicted octanol–water partition coefficient (Wildman–Crippen LogP) is 4.53. The molecule has 2 atom stereocenters. The van der Waals surface area contributed by atoms with Crippen LogP contribution in [0.3, 0.4) is 0 Å². The molecule has 1 fully saturated rings. The van der Waals surface area contributed by atoms with Crippen molar-refractivity contribution in [3.63, 3.8) is 0 Å². The van der Waals surface area contributed by atoms with E-state index in [1.165, 1.54) is 30.4 Å². The molecule has 0 bridgehead atoms. The Kier molecular flexibility index (Phi) is 5.83. The molecule has 2 unspecified atom stereocenters. The molecule has 1 N–H and O–H groups in total. The van der Waals surface area contributed by atoms with E-state index in [-0.39, 0.29) is 0 Å². The van der Waals surface area contributed by atoms with E-state index in [1.807, 2.05) is 6.92 Å². The molecule has 118 valence electrons. The Morgan fingerprint density at radius 3 is 2.57 bits per heavy atom. The fourth-order valence-corrected chi connectivity index (χ4v) is 3.84. The summed E-state index contributed by atoms with van der Waals surface area (Å²) in [7, 11) is 0. The molecule has 0 aliphatic heterocycles. The first-order chi connectivity index (χ1) is 10.00. The van der Waals surface area contributed by atoms with Gasteiger partial charge in [0.15, 0.2) is 0 Å². The van der Waals surface area contributed by atoms with Gasteiger partial charge in [0.25, 0.3) is 0 Å². The highest BCUT2D eigenvalue weighted by Gasteiger charge is 2.31. The summed E-state index contributed by atoms with van der Waals surface area (Å²) in [6.45, 7) is 11.7. The minimum atomic E-state index is 0.472. The molecule has 1 aromatic rings. The second-order valence-electron chi connectivity index (χ2n) is 7.40. The Balaban J connectivity index is 1.93. The van der Waals surface area contributed by atoms with Gasteiger partial charge in [-0.3, -0.25) is 0 Å². The summed E-state index contributed by atoms with van der Waals surface area (Å²) in [4.78, 5) is 0. The summed E-state index contributed by atoms with van der Waals surface area (Å²) in [6.07, 6.45) is 3.94. The number of hydrogen-bond donors (Lipinski definition) is 1. The van der Waals surface area contributed by atoms with Crippen molar-refractivity contribution in [3.05, 3.63) is 35.4 Å². The van der Waals surface area contributed by atoms with Crippen LogP contribution in [0.25, 0.3) is 0 Å². The minimum Gasteiger partial charge on any atom is -0.377 e. The highest BCUT2D eigenvalue weighted by molar-refractivity contribution is 5.26. The molecule has 2 nitrogen and oxygen atoms in total. The second kappa shape index (κ2) is 7.42. The largest absolute Gasteiger partial charge is 0.377 e. The SMILES string of the molecule is CCOCc1ccccc1CNC1CC(C)CC(C)(C)C1. The summed E-state index contributed by atoms with van der Waals surface area (Å²) in [6, 6.07) is 9.27. The number of benzene rings is 1. The molecule has 0 spiro atoms. The maximum atomic E-state index is 5.57. The van der Waals surface area contributed by atoms with Crippen LogP contribution in [0.5, 0.6) is 0 Å². The molecule has 0 radical (unpaired) electrons. The first kappa shape index (κ1) is 16.5. The van der Waals surface area contributed by atoms with Gasteiger partial charge < -0.3 is 10.1 Å². The zero-order valence-corrected chi connectivity index (χ0v) is 14.1. The molecule has 0 amide bonds. The van der Waals surface area contributed by atoms with E-state index in [9.17, 15) is 0 Å². The molecular weight excluding hydrogens is 258 g/mol. The highest BCUT2D eigenvalue weighted by Crippen LogP contribution is 2.38. The highest BCUT2D eigenvalue weighted by atomic mass is 16.5. The van der Waals surface area contributed by atoms with Gasteiger partial charge in [-0.1, -0.05) is 45.0 Å². The van der Waals surface area contributed by atoms with Gasteiger partial charge in [0.2, 0.25) is 0 Å². The van der Waals surface area contributed by atoms with Gasteiger partial charge in [-0.05, 0) is 48.6 Å². The van der Waals surface area contributed by atoms with E-state index in [4.69, 9.17) is 4.74 Å². The van der Waals surface area contributed by atoms with Crippen molar-refractivity contribution in [1.29, 1.82) is 0 Å². The third-order valence-electron chi connectivity index (χ3n) is 4.55. The molecule has 1 aromatic carbocycles. The summed E-state index contributed by atoms with van der Waals surface area (Å²) in [5.41, 5.74) is 3.16. The van der Waals surface area contributed by atoms with Crippen molar-refractivity contribution in [3.8, 4) is 0 Å². The van der Waals surface area contributed by atoms with Crippen molar-refractivity contribution in [2.24, 2.45) is 11.3 Å². The van der Waals surface area contributed by atoms with Crippen molar-refractivity contribution in [1.82, 2.24) is 5.32 Å². The monoisotopic (exact) mass is 289 g/mol. The van der Waals surface area contributed by atoms with Crippen LogP contribution >= 0.6 is 0 Å². The van der Waals surface area contributed by atoms with E-state index in [0.717, 1.165) is 25.7 Å². The second-order valence-corrected chi connectivity index (χ2v) is 7.40. The summed E-state index contributed by atoms with van der Waals surface area (Å²) in [5.74, 6) is 0.824. The third-order valence-corrected chi connectivity index (χ3v) is 4.55. The Labute approximate surface area is 130 Å². The Hall–Kier alpha value is -0.860. The van der Waals surface area contributed by atoms with Crippen LogP contribution in [0.2, 0.25) is 0 Å². The maximum absolute atomic E-state index is 5.57. The summed E-state index contributed by atoms with van der Waals surface area (Å²) in [5, 5.41) is 3.79. The van der Waals surface area contributed by atoms with Crippen molar-refractivity contribution in [2.45, 2.75) is 66.2 Å². The Morgan fingerprint density at radius 2 is 1.90 bits per heavy atom. The third kappa shape index (κ3) is 5.12. The first-order valence-electron chi connectivity index (χ1n) is 8.38. The lowest BCUT2D eigenvalue weighted by molar-refractivity contribution is 0.132. The molecule has 1 saturated carbocycles. The van der Waals surface area contributed by atoms with Gasteiger partial charge in [-0.2, -0.15) is 0 Å². The van der Waals surface area contributed by atoms with Gasteiger partial charge in [0.05, 0.1) is 6.61 Å². The summed E-state index contributed by atoms with van der Waals surface area (Å²) >= 11 is 0. The molecular formula is C19H31NO. The van der Waals surface area contributed by atoms with Crippen LogP contribution in [0.1, 0.15) is 58.1 Å². The zero-order valence-electron chi connectivity index (χ0n) is 14.1. The quantitative estimate of drug-likeness (QED) is 0.831. The van der Waals surface area contributed by atoms with Crippen LogP contribution in [0.4, 0.5) is 0 Å². The first-order valence-corrected chi connectivity index (χ1v) is 8.38. The Bertz CT molecular complexity index is 441. The van der Waals surface area contributed by atoms with Crippen LogP contribution in [0.15, 0.2) is 24.3 Å². The standard InChI is InChI=1S/C19H31NO/c1-5-21-14-17-9-7-6-8-16(17)13-20-18-10-15(2)11-19(3,4)12-18/h6-9,15,18,20H,5,10-14H2,1-4H3. The van der Waals surface area contributed by atoms with Gasteiger partial charge >= 0.3 is 0 Å². The van der Waals surface area contributed by atoms with Crippen LogP contribution in [0, 0.1) is 11.3 Å². The average molecular weight is 289 g/mol. The normalized spacial score (nSPS) is 25.0. The van der Waals surface area contributed by atoms with E-state index in [0.29, 0.717) is 11.5 Å². The summed E-state index contributed by atoms with van der Waals surface area (Å²) < 4.78 is 5.57. The molecule has 0 aromatic heterocycles. The van der Waals surface area contributed by atoms with Gasteiger partial charge in [-0.15, -0.1) is 0 Å². The van der Waals surface area contributed by atoms with Crippen LogP contribution in [-0.2, 0) is 17.9 Å². The lowest BCUT2D eigenvalue weighted by Gasteiger charge is -2.39. The zero-order chi connectivity index (χ0) is 15.3. The lowest BCUT2D eigenvalue weighted by atomic mass is 9.70. The van der Waals surface area contributed by atoms with Crippen molar-refractivity contribution >= 4 is 0 Å². The number of hydrogen-bond acceptors (Lipinski definition) is 2. The van der Waals surface area contributed by atoms with Crippen molar-refractivity contribution < 1.29 is 4.74 Å². The van der Waals surface area contributed by atoms with Crippen LogP contribution < -0.4 is 5.32 Å². The molecule has 1 aliphatic carbocycles. The van der Waals surface area contributed by atoms with Crippen LogP contribution in [-0.4, -0.2) is 12.6 Å². The predicted molar refractivity (Wildman–Crippen MR) is 89.2 cm³/mol. The molecule has 1 aliphatic rings. The lowest BCUT2D eigenvalue weighted by Crippen LogP contribution is -2.39. The minimum absolute atomic E-state index is 0.472. The van der Waals surface area contributed by atoms with E-state index >= 15 is 0 Å². The fraction of sp³-hybridized carbons (Fsp3) is 0.684. The van der Waals surface area contributed by atoms with Gasteiger partial charge in [0, 0.05) is 19.2 Å². The molecule has 21 heavy (non-hydrogen) atoms. The van der Waals surface area contributed by atoms with Gasteiger partial charge in [0.1, 0.15) is 0 Å². The average Bonchev–Trinajstić information content (AvgIpc) is 2.41. The Morgan fingerprint density at radius 1 is 1.19 bits per heavy atom. The topological polar surface area (TPSA) is 21.3 Å². The van der Waals surface area contributed by atoms with Gasteiger partial charge in [-0.25, -0.2) is 0 Å². The van der Waals surface area contributed by atoms with E-state index in [2.05, 4.69) is 50.4 Å². The molecule has 2 heteroatoms. The van der Waals surface area contributed by atoms with Crippen molar-refractivity contribution in [2.75, 3.05) is 6.61 Å². The fourth-order valence-electron chi connectivity index (χ4n) is 3.84. The number of nitrogens with one attached hydrogen (secondary N) is 1. The van der Waals surface area contributed by atoms with E-state index < -0.39 is 0 Å². The number of rotatable bonds is 6. The molecule has 0 saturated heterocycles. The molecule has 2 rings (SSSR count). The number of ether oxygens (including phenoxy) is 1. The smallest absolute Gasteiger partial charge is 0.0719 e.